The van der Waals surface area contributed by atoms with E-state index in [-0.39, 0.29) is 10.7 Å². The second kappa shape index (κ2) is 7.40. The summed E-state index contributed by atoms with van der Waals surface area (Å²) in [6.45, 7) is 1.42. The van der Waals surface area contributed by atoms with Crippen LogP contribution >= 0.6 is 0 Å². The molecule has 2 aromatic rings. The predicted molar refractivity (Wildman–Crippen MR) is 99.5 cm³/mol. The third-order valence-electron chi connectivity index (χ3n) is 4.82. The van der Waals surface area contributed by atoms with Crippen molar-refractivity contribution in [1.82, 2.24) is 0 Å². The van der Waals surface area contributed by atoms with Gasteiger partial charge in [0.1, 0.15) is 0 Å². The molecule has 0 radical (unpaired) electrons. The van der Waals surface area contributed by atoms with E-state index >= 15 is 0 Å². The zero-order valence-electron chi connectivity index (χ0n) is 14.4. The van der Waals surface area contributed by atoms with Gasteiger partial charge in [-0.15, -0.1) is 0 Å². The van der Waals surface area contributed by atoms with Gasteiger partial charge in [0.05, 0.1) is 10.6 Å². The summed E-state index contributed by atoms with van der Waals surface area (Å²) in [6.07, 6.45) is 6.14. The van der Waals surface area contributed by atoms with E-state index in [1.165, 1.54) is 44.6 Å². The first-order valence-corrected chi connectivity index (χ1v) is 10.2. The van der Waals surface area contributed by atoms with Crippen LogP contribution in [0.5, 0.6) is 0 Å². The Bertz CT molecular complexity index is 851. The number of benzene rings is 2. The topological polar surface area (TPSA) is 63.2 Å². The Balaban J connectivity index is 1.82. The maximum atomic E-state index is 12.6. The van der Waals surface area contributed by atoms with E-state index in [0.717, 1.165) is 0 Å². The summed E-state index contributed by atoms with van der Waals surface area (Å²) in [5.74, 6) is 0.364. The standard InChI is InChI=1S/C20H23NO3S/c1-15(22)19-9-5-6-10-20(19)21-25(23,24)18-13-11-17(12-14-18)16-7-3-2-4-8-16/h5-6,9-14,16,21H,2-4,7-8H2,1H3. The molecule has 2 aromatic carbocycles. The molecule has 3 rings (SSSR count). The summed E-state index contributed by atoms with van der Waals surface area (Å²) in [5, 5.41) is 0. The molecule has 4 nitrogen and oxygen atoms in total. The van der Waals surface area contributed by atoms with E-state index in [4.69, 9.17) is 0 Å². The number of carbonyl (C=O) groups is 1. The van der Waals surface area contributed by atoms with Crippen LogP contribution in [0.4, 0.5) is 5.69 Å². The molecule has 1 fully saturated rings. The molecule has 0 unspecified atom stereocenters. The summed E-state index contributed by atoms with van der Waals surface area (Å²) in [6, 6.07) is 13.8. The highest BCUT2D eigenvalue weighted by Crippen LogP contribution is 2.33. The number of nitrogens with one attached hydrogen (secondary N) is 1. The van der Waals surface area contributed by atoms with Crippen LogP contribution in [0.1, 0.15) is 60.9 Å². The Morgan fingerprint density at radius 2 is 1.60 bits per heavy atom. The minimum absolute atomic E-state index is 0.175. The molecule has 0 saturated heterocycles. The zero-order valence-corrected chi connectivity index (χ0v) is 15.2. The summed E-state index contributed by atoms with van der Waals surface area (Å²) in [7, 11) is -3.72. The number of hydrogen-bond donors (Lipinski definition) is 1. The van der Waals surface area contributed by atoms with Crippen molar-refractivity contribution in [3.8, 4) is 0 Å². The average molecular weight is 357 g/mol. The highest BCUT2D eigenvalue weighted by Gasteiger charge is 2.19. The molecule has 0 atom stereocenters. The van der Waals surface area contributed by atoms with Crippen LogP contribution in [0.2, 0.25) is 0 Å². The second-order valence-corrected chi connectivity index (χ2v) is 8.29. The predicted octanol–water partition coefficient (Wildman–Crippen LogP) is 4.74. The van der Waals surface area contributed by atoms with Gasteiger partial charge < -0.3 is 0 Å². The van der Waals surface area contributed by atoms with Crippen molar-refractivity contribution < 1.29 is 13.2 Å². The zero-order chi connectivity index (χ0) is 17.9. The lowest BCUT2D eigenvalue weighted by Gasteiger charge is -2.22. The van der Waals surface area contributed by atoms with Gasteiger partial charge in [0.25, 0.3) is 10.0 Å². The van der Waals surface area contributed by atoms with Crippen LogP contribution in [0.15, 0.2) is 53.4 Å². The molecule has 25 heavy (non-hydrogen) atoms. The molecular weight excluding hydrogens is 334 g/mol. The maximum Gasteiger partial charge on any atom is 0.261 e. The van der Waals surface area contributed by atoms with E-state index in [9.17, 15) is 13.2 Å². The number of sulfonamides is 1. The fourth-order valence-corrected chi connectivity index (χ4v) is 4.52. The Morgan fingerprint density at radius 3 is 2.24 bits per heavy atom. The lowest BCUT2D eigenvalue weighted by Crippen LogP contribution is -2.15. The van der Waals surface area contributed by atoms with Gasteiger partial charge in [0.15, 0.2) is 5.78 Å². The van der Waals surface area contributed by atoms with Gasteiger partial charge in [0, 0.05) is 5.56 Å². The van der Waals surface area contributed by atoms with Crippen molar-refractivity contribution in [3.05, 3.63) is 59.7 Å². The van der Waals surface area contributed by atoms with Gasteiger partial charge in [-0.1, -0.05) is 43.5 Å². The Kier molecular flexibility index (Phi) is 5.23. The third-order valence-corrected chi connectivity index (χ3v) is 6.20. The van der Waals surface area contributed by atoms with E-state index in [2.05, 4.69) is 4.72 Å². The molecule has 0 heterocycles. The second-order valence-electron chi connectivity index (χ2n) is 6.61. The number of carbonyl (C=O) groups excluding carboxylic acids is 1. The van der Waals surface area contributed by atoms with Crippen molar-refractivity contribution in [1.29, 1.82) is 0 Å². The van der Waals surface area contributed by atoms with Crippen LogP contribution < -0.4 is 4.72 Å². The molecular formula is C20H23NO3S. The fraction of sp³-hybridized carbons (Fsp3) is 0.350. The summed E-state index contributed by atoms with van der Waals surface area (Å²) < 4.78 is 27.8. The van der Waals surface area contributed by atoms with E-state index < -0.39 is 10.0 Å². The molecule has 0 bridgehead atoms. The monoisotopic (exact) mass is 357 g/mol. The van der Waals surface area contributed by atoms with Gasteiger partial charge in [-0.05, 0) is 55.5 Å². The number of Topliss-reactive ketones (excluding diaryl/α,β-unsaturated/α-hetero) is 1. The van der Waals surface area contributed by atoms with Crippen molar-refractivity contribution in [2.45, 2.75) is 49.8 Å². The molecule has 1 saturated carbocycles. The van der Waals surface area contributed by atoms with Gasteiger partial charge >= 0.3 is 0 Å². The summed E-state index contributed by atoms with van der Waals surface area (Å²) >= 11 is 0. The molecule has 0 spiro atoms. The van der Waals surface area contributed by atoms with Gasteiger partial charge in [-0.25, -0.2) is 8.42 Å². The molecule has 0 aromatic heterocycles. The Hall–Kier alpha value is -2.14. The van der Waals surface area contributed by atoms with Gasteiger partial charge in [-0.3, -0.25) is 9.52 Å². The highest BCUT2D eigenvalue weighted by molar-refractivity contribution is 7.92. The van der Waals surface area contributed by atoms with E-state index in [1.54, 1.807) is 36.4 Å². The quantitative estimate of drug-likeness (QED) is 0.786. The third kappa shape index (κ3) is 4.10. The van der Waals surface area contributed by atoms with E-state index in [0.29, 0.717) is 17.2 Å². The lowest BCUT2D eigenvalue weighted by atomic mass is 9.84. The number of ketones is 1. The highest BCUT2D eigenvalue weighted by atomic mass is 32.2. The Morgan fingerprint density at radius 1 is 0.960 bits per heavy atom. The molecule has 1 aliphatic rings. The minimum Gasteiger partial charge on any atom is -0.294 e. The average Bonchev–Trinajstić information content (AvgIpc) is 2.62. The first kappa shape index (κ1) is 17.7. The van der Waals surface area contributed by atoms with Crippen LogP contribution in [-0.4, -0.2) is 14.2 Å². The number of hydrogen-bond acceptors (Lipinski definition) is 3. The minimum atomic E-state index is -3.72. The first-order chi connectivity index (χ1) is 12.0. The largest absolute Gasteiger partial charge is 0.294 e. The van der Waals surface area contributed by atoms with Gasteiger partial charge in [0.2, 0.25) is 0 Å². The molecule has 0 aliphatic heterocycles. The molecule has 1 aliphatic carbocycles. The molecule has 132 valence electrons. The number of anilines is 1. The van der Waals surface area contributed by atoms with Crippen LogP contribution in [0.3, 0.4) is 0 Å². The van der Waals surface area contributed by atoms with Crippen molar-refractivity contribution in [2.24, 2.45) is 0 Å². The fourth-order valence-electron chi connectivity index (χ4n) is 3.44. The summed E-state index contributed by atoms with van der Waals surface area (Å²) in [4.78, 5) is 11.9. The van der Waals surface area contributed by atoms with Crippen LogP contribution in [-0.2, 0) is 10.0 Å². The number of para-hydroxylation sites is 1. The SMILES string of the molecule is CC(=O)c1ccccc1NS(=O)(=O)c1ccc(C2CCCCC2)cc1. The molecule has 5 heteroatoms. The lowest BCUT2D eigenvalue weighted by molar-refractivity contribution is 0.101. The van der Waals surface area contributed by atoms with Crippen LogP contribution in [0.25, 0.3) is 0 Å². The normalized spacial score (nSPS) is 15.7. The molecule has 0 amide bonds. The van der Waals surface area contributed by atoms with Crippen molar-refractivity contribution in [2.75, 3.05) is 4.72 Å². The molecule has 1 N–H and O–H groups in total. The first-order valence-electron chi connectivity index (χ1n) is 8.70. The van der Waals surface area contributed by atoms with Gasteiger partial charge in [-0.2, -0.15) is 0 Å². The summed E-state index contributed by atoms with van der Waals surface area (Å²) in [5.41, 5.74) is 1.89. The number of rotatable bonds is 5. The smallest absolute Gasteiger partial charge is 0.261 e. The van der Waals surface area contributed by atoms with Crippen molar-refractivity contribution >= 4 is 21.5 Å². The van der Waals surface area contributed by atoms with E-state index in [1.807, 2.05) is 12.1 Å². The van der Waals surface area contributed by atoms with Crippen molar-refractivity contribution in [3.63, 3.8) is 0 Å². The van der Waals surface area contributed by atoms with Crippen LogP contribution in [0, 0.1) is 0 Å². The Labute approximate surface area is 149 Å². The maximum absolute atomic E-state index is 12.6.